The third-order valence-electron chi connectivity index (χ3n) is 6.18. The first-order valence-corrected chi connectivity index (χ1v) is 8.05. The van der Waals surface area contributed by atoms with Gasteiger partial charge in [-0.2, -0.15) is 0 Å². The van der Waals surface area contributed by atoms with E-state index in [0.29, 0.717) is 16.5 Å². The summed E-state index contributed by atoms with van der Waals surface area (Å²) in [6.45, 7) is 6.01. The molecule has 1 N–H and O–H groups in total. The van der Waals surface area contributed by atoms with E-state index in [1.807, 2.05) is 20.8 Å². The van der Waals surface area contributed by atoms with Crippen LogP contribution in [0.1, 0.15) is 40.0 Å². The van der Waals surface area contributed by atoms with E-state index in [1.165, 1.54) is 12.3 Å². The Morgan fingerprint density at radius 3 is 2.45 bits per heavy atom. The van der Waals surface area contributed by atoms with E-state index in [-0.39, 0.29) is 29.3 Å². The first-order valence-electron chi connectivity index (χ1n) is 7.30. The molecule has 2 saturated carbocycles. The van der Waals surface area contributed by atoms with E-state index in [9.17, 15) is 9.59 Å². The second kappa shape index (κ2) is 4.68. The van der Waals surface area contributed by atoms with Gasteiger partial charge >= 0.3 is 0 Å². The van der Waals surface area contributed by atoms with Gasteiger partial charge in [0.2, 0.25) is 5.91 Å². The van der Waals surface area contributed by atoms with Crippen molar-refractivity contribution in [2.24, 2.45) is 16.2 Å². The predicted molar refractivity (Wildman–Crippen MR) is 86.1 cm³/mol. The standard InChI is InChI=1S/C16H18Cl2N2O2/c1-14(2)15(3)4-5-16(14,7-11(15)21)13(22)20-12-10(18)6-9(17)8-19-12/h6,8H,4-5,7H2,1-3H3,(H,19,20,22)/t15-,16+/m1/s1. The minimum Gasteiger partial charge on any atom is -0.309 e. The van der Waals surface area contributed by atoms with Gasteiger partial charge in [-0.3, -0.25) is 9.59 Å². The van der Waals surface area contributed by atoms with Crippen LogP contribution in [0.2, 0.25) is 10.0 Å². The van der Waals surface area contributed by atoms with E-state index < -0.39 is 10.8 Å². The van der Waals surface area contributed by atoms with Crippen molar-refractivity contribution in [1.29, 1.82) is 0 Å². The van der Waals surface area contributed by atoms with E-state index in [2.05, 4.69) is 10.3 Å². The molecule has 6 heteroatoms. The van der Waals surface area contributed by atoms with Crippen LogP contribution < -0.4 is 5.32 Å². The number of carbonyl (C=O) groups excluding carboxylic acids is 2. The van der Waals surface area contributed by atoms with Crippen LogP contribution in [-0.2, 0) is 9.59 Å². The molecular formula is C16H18Cl2N2O2. The number of ketones is 1. The number of amides is 1. The van der Waals surface area contributed by atoms with Gasteiger partial charge in [0.1, 0.15) is 5.78 Å². The van der Waals surface area contributed by atoms with Crippen LogP contribution in [0, 0.1) is 16.2 Å². The van der Waals surface area contributed by atoms with Gasteiger partial charge in [-0.1, -0.05) is 44.0 Å². The molecule has 3 rings (SSSR count). The molecule has 2 bridgehead atoms. The zero-order chi connectivity index (χ0) is 16.3. The van der Waals surface area contributed by atoms with Gasteiger partial charge in [0.05, 0.1) is 15.5 Å². The Labute approximate surface area is 139 Å². The highest BCUT2D eigenvalue weighted by molar-refractivity contribution is 6.36. The van der Waals surface area contributed by atoms with Crippen LogP contribution in [0.4, 0.5) is 5.82 Å². The minimum absolute atomic E-state index is 0.175. The summed E-state index contributed by atoms with van der Waals surface area (Å²) in [6.07, 6.45) is 3.17. The number of nitrogens with zero attached hydrogens (tertiary/aromatic N) is 1. The van der Waals surface area contributed by atoms with Gasteiger partial charge < -0.3 is 5.32 Å². The third kappa shape index (κ3) is 1.80. The number of hydrogen-bond acceptors (Lipinski definition) is 3. The maximum atomic E-state index is 12.9. The molecule has 2 fully saturated rings. The molecule has 2 aliphatic carbocycles. The van der Waals surface area contributed by atoms with Gasteiger partial charge in [0, 0.05) is 18.0 Å². The number of nitrogens with one attached hydrogen (secondary N) is 1. The molecular weight excluding hydrogens is 323 g/mol. The molecule has 0 radical (unpaired) electrons. The first-order chi connectivity index (χ1) is 10.1. The fourth-order valence-electron chi connectivity index (χ4n) is 4.09. The Hall–Kier alpha value is -1.13. The van der Waals surface area contributed by atoms with Gasteiger partial charge in [0.15, 0.2) is 5.82 Å². The number of anilines is 1. The van der Waals surface area contributed by atoms with E-state index in [4.69, 9.17) is 23.2 Å². The third-order valence-corrected chi connectivity index (χ3v) is 6.67. The number of fused-ring (bicyclic) bond motifs is 2. The van der Waals surface area contributed by atoms with Gasteiger partial charge in [-0.15, -0.1) is 0 Å². The predicted octanol–water partition coefficient (Wildman–Crippen LogP) is 4.11. The maximum absolute atomic E-state index is 12.9. The molecule has 2 aliphatic rings. The highest BCUT2D eigenvalue weighted by atomic mass is 35.5. The smallest absolute Gasteiger partial charge is 0.232 e. The molecule has 0 aliphatic heterocycles. The largest absolute Gasteiger partial charge is 0.309 e. The summed E-state index contributed by atoms with van der Waals surface area (Å²) in [7, 11) is 0. The van der Waals surface area contributed by atoms with Crippen LogP contribution >= 0.6 is 23.2 Å². The average Bonchev–Trinajstić information content (AvgIpc) is 2.72. The molecule has 0 saturated heterocycles. The summed E-state index contributed by atoms with van der Waals surface area (Å²) in [6, 6.07) is 1.53. The van der Waals surface area contributed by atoms with Crippen LogP contribution in [-0.4, -0.2) is 16.7 Å². The Bertz CT molecular complexity index is 689. The van der Waals surface area contributed by atoms with Crippen molar-refractivity contribution < 1.29 is 9.59 Å². The Morgan fingerprint density at radius 2 is 1.95 bits per heavy atom. The number of rotatable bonds is 2. The van der Waals surface area contributed by atoms with Crippen LogP contribution in [0.3, 0.4) is 0 Å². The van der Waals surface area contributed by atoms with Crippen molar-refractivity contribution in [1.82, 2.24) is 4.98 Å². The number of aromatic nitrogens is 1. The van der Waals surface area contributed by atoms with Crippen molar-refractivity contribution in [3.63, 3.8) is 0 Å². The summed E-state index contributed by atoms with van der Waals surface area (Å²) in [5.41, 5.74) is -1.51. The molecule has 1 heterocycles. The van der Waals surface area contributed by atoms with Crippen molar-refractivity contribution in [2.75, 3.05) is 5.32 Å². The second-order valence-corrected chi connectivity index (χ2v) is 7.92. The van der Waals surface area contributed by atoms with Crippen LogP contribution in [0.25, 0.3) is 0 Å². The summed E-state index contributed by atoms with van der Waals surface area (Å²) in [5.74, 6) is 0.284. The first kappa shape index (κ1) is 15.8. The SMILES string of the molecule is CC1(C)[C@@]2(C(=O)Nc3ncc(Cl)cc3Cl)CC[C@]1(C)C(=O)C2. The van der Waals surface area contributed by atoms with E-state index in [0.717, 1.165) is 6.42 Å². The van der Waals surface area contributed by atoms with Crippen molar-refractivity contribution in [3.8, 4) is 0 Å². The van der Waals surface area contributed by atoms with E-state index in [1.54, 1.807) is 0 Å². The van der Waals surface area contributed by atoms with Gasteiger partial charge in [0.25, 0.3) is 0 Å². The van der Waals surface area contributed by atoms with Crippen LogP contribution in [0.5, 0.6) is 0 Å². The lowest BCUT2D eigenvalue weighted by Gasteiger charge is -2.38. The minimum atomic E-state index is -0.691. The van der Waals surface area contributed by atoms with Crippen molar-refractivity contribution in [3.05, 3.63) is 22.3 Å². The molecule has 1 aromatic heterocycles. The topological polar surface area (TPSA) is 59.1 Å². The Balaban J connectivity index is 1.94. The maximum Gasteiger partial charge on any atom is 0.232 e. The molecule has 2 atom stereocenters. The van der Waals surface area contributed by atoms with Crippen LogP contribution in [0.15, 0.2) is 12.3 Å². The molecule has 1 aromatic rings. The Kier molecular flexibility index (Phi) is 3.35. The number of pyridine rings is 1. The summed E-state index contributed by atoms with van der Waals surface area (Å²) >= 11 is 11.9. The van der Waals surface area contributed by atoms with E-state index >= 15 is 0 Å². The second-order valence-electron chi connectivity index (χ2n) is 7.08. The fraction of sp³-hybridized carbons (Fsp3) is 0.562. The highest BCUT2D eigenvalue weighted by Crippen LogP contribution is 2.70. The lowest BCUT2D eigenvalue weighted by atomic mass is 9.64. The molecule has 0 unspecified atom stereocenters. The number of hydrogen-bond donors (Lipinski definition) is 1. The zero-order valence-electron chi connectivity index (χ0n) is 12.8. The van der Waals surface area contributed by atoms with Crippen molar-refractivity contribution in [2.45, 2.75) is 40.0 Å². The zero-order valence-corrected chi connectivity index (χ0v) is 14.3. The summed E-state index contributed by atoms with van der Waals surface area (Å²) in [5, 5.41) is 3.50. The number of halogens is 2. The monoisotopic (exact) mass is 340 g/mol. The number of carbonyl (C=O) groups is 2. The van der Waals surface area contributed by atoms with Crippen molar-refractivity contribution >= 4 is 40.7 Å². The molecule has 0 aromatic carbocycles. The average molecular weight is 341 g/mol. The normalized spacial score (nSPS) is 32.3. The molecule has 0 spiro atoms. The lowest BCUT2D eigenvalue weighted by Crippen LogP contribution is -2.43. The molecule has 1 amide bonds. The van der Waals surface area contributed by atoms with Gasteiger partial charge in [-0.25, -0.2) is 4.98 Å². The summed E-state index contributed by atoms with van der Waals surface area (Å²) in [4.78, 5) is 29.4. The molecule has 118 valence electrons. The number of Topliss-reactive ketones (excluding diaryl/α,β-unsaturated/α-hetero) is 1. The molecule has 22 heavy (non-hydrogen) atoms. The molecule has 4 nitrogen and oxygen atoms in total. The van der Waals surface area contributed by atoms with Gasteiger partial charge in [-0.05, 0) is 24.3 Å². The fourth-order valence-corrected chi connectivity index (χ4v) is 4.52. The highest BCUT2D eigenvalue weighted by Gasteiger charge is 2.72. The lowest BCUT2D eigenvalue weighted by molar-refractivity contribution is -0.131. The Morgan fingerprint density at radius 1 is 1.27 bits per heavy atom. The quantitative estimate of drug-likeness (QED) is 0.881. The summed E-state index contributed by atoms with van der Waals surface area (Å²) < 4.78 is 0.